The average molecular weight is 539 g/mol. The molecule has 35 heavy (non-hydrogen) atoms. The third-order valence-corrected chi connectivity index (χ3v) is 7.40. The van der Waals surface area contributed by atoms with Crippen LogP contribution in [0.3, 0.4) is 0 Å². The first-order valence-electron chi connectivity index (χ1n) is 10.9. The Balaban J connectivity index is 1.28. The molecule has 11 heteroatoms. The molecule has 1 amide bonds. The molecule has 1 aliphatic carbocycles. The van der Waals surface area contributed by atoms with E-state index in [1.165, 1.54) is 17.0 Å². The average Bonchev–Trinajstić information content (AvgIpc) is 3.29. The number of aromatic nitrogens is 1. The molecule has 1 fully saturated rings. The van der Waals surface area contributed by atoms with Crippen molar-refractivity contribution in [3.05, 3.63) is 75.2 Å². The van der Waals surface area contributed by atoms with Crippen LogP contribution in [0.4, 0.5) is 24.5 Å². The molecule has 0 unspecified atom stereocenters. The van der Waals surface area contributed by atoms with Crippen molar-refractivity contribution in [2.75, 3.05) is 10.6 Å². The maximum atomic E-state index is 13.1. The second-order valence-electron chi connectivity index (χ2n) is 8.25. The van der Waals surface area contributed by atoms with Crippen molar-refractivity contribution in [1.29, 1.82) is 0 Å². The van der Waals surface area contributed by atoms with Crippen molar-refractivity contribution < 1.29 is 18.0 Å². The molecule has 2 heterocycles. The summed E-state index contributed by atoms with van der Waals surface area (Å²) in [7, 11) is 0. The molecular weight excluding hydrogens is 517 g/mol. The Morgan fingerprint density at radius 2 is 1.80 bits per heavy atom. The number of nitrogens with zero attached hydrogens (tertiary/aromatic N) is 1. The maximum Gasteiger partial charge on any atom is 0.417 e. The van der Waals surface area contributed by atoms with Crippen molar-refractivity contribution in [2.45, 2.75) is 43.8 Å². The van der Waals surface area contributed by atoms with E-state index in [1.807, 2.05) is 11.4 Å². The molecule has 1 aliphatic rings. The topological polar surface area (TPSA) is 66.1 Å². The molecule has 0 bridgehead atoms. The highest BCUT2D eigenvalue weighted by atomic mass is 35.5. The van der Waals surface area contributed by atoms with E-state index in [4.69, 9.17) is 23.8 Å². The minimum atomic E-state index is -4.55. The van der Waals surface area contributed by atoms with Crippen LogP contribution in [0.25, 0.3) is 0 Å². The lowest BCUT2D eigenvalue weighted by molar-refractivity contribution is -0.137. The van der Waals surface area contributed by atoms with Gasteiger partial charge in [-0.25, -0.2) is 0 Å². The summed E-state index contributed by atoms with van der Waals surface area (Å²) in [6.45, 7) is 0. The Hall–Kier alpha value is -2.69. The van der Waals surface area contributed by atoms with Gasteiger partial charge >= 0.3 is 6.18 Å². The summed E-state index contributed by atoms with van der Waals surface area (Å²) >= 11 is 12.5. The van der Waals surface area contributed by atoms with Gasteiger partial charge in [0.1, 0.15) is 5.69 Å². The minimum Gasteiger partial charge on any atom is -0.348 e. The van der Waals surface area contributed by atoms with Gasteiger partial charge in [0.25, 0.3) is 5.91 Å². The van der Waals surface area contributed by atoms with E-state index in [2.05, 4.69) is 20.9 Å². The standard InChI is InChI=1S/C24H22ClF3N4OS2/c25-19-9-8-16(11-18(19)24(26,27)28)31-23(34)32-17-12-21(35-13-17)14-4-6-15(7-5-14)30-22(33)20-3-1-2-10-29-20/h1-3,8-15H,4-7H2,(H,30,33)(H2,31,32,34). The van der Waals surface area contributed by atoms with E-state index in [0.29, 0.717) is 11.6 Å². The van der Waals surface area contributed by atoms with Gasteiger partial charge in [-0.05, 0) is 80.2 Å². The first-order chi connectivity index (χ1) is 16.7. The number of anilines is 2. The second-order valence-corrected chi connectivity index (χ2v) is 10.0. The summed E-state index contributed by atoms with van der Waals surface area (Å²) in [5.74, 6) is 0.228. The summed E-state index contributed by atoms with van der Waals surface area (Å²) in [6.07, 6.45) is 0.697. The summed E-state index contributed by atoms with van der Waals surface area (Å²) in [5.41, 5.74) is 0.469. The number of thiocarbonyl (C=S) groups is 1. The zero-order chi connectivity index (χ0) is 25.0. The number of pyridine rings is 1. The second kappa shape index (κ2) is 10.9. The monoisotopic (exact) mass is 538 g/mol. The Labute approximate surface area is 215 Å². The third-order valence-electron chi connectivity index (χ3n) is 5.77. The number of hydrogen-bond acceptors (Lipinski definition) is 4. The Kier molecular flexibility index (Phi) is 7.93. The molecule has 5 nitrogen and oxygen atoms in total. The van der Waals surface area contributed by atoms with Crippen LogP contribution < -0.4 is 16.0 Å². The molecule has 2 aromatic heterocycles. The van der Waals surface area contributed by atoms with Crippen LogP contribution in [-0.2, 0) is 6.18 Å². The lowest BCUT2D eigenvalue weighted by Crippen LogP contribution is -2.37. The maximum absolute atomic E-state index is 13.1. The van der Waals surface area contributed by atoms with Crippen molar-refractivity contribution in [1.82, 2.24) is 10.3 Å². The molecule has 4 rings (SSSR count). The first kappa shape index (κ1) is 25.4. The number of halogens is 4. The van der Waals surface area contributed by atoms with E-state index >= 15 is 0 Å². The first-order valence-corrected chi connectivity index (χ1v) is 12.6. The zero-order valence-electron chi connectivity index (χ0n) is 18.4. The molecule has 0 saturated heterocycles. The fourth-order valence-electron chi connectivity index (χ4n) is 4.02. The summed E-state index contributed by atoms with van der Waals surface area (Å²) in [6, 6.07) is 11.0. The number of amides is 1. The minimum absolute atomic E-state index is 0.121. The van der Waals surface area contributed by atoms with Crippen molar-refractivity contribution in [2.24, 2.45) is 0 Å². The van der Waals surface area contributed by atoms with Gasteiger partial charge in [-0.3, -0.25) is 9.78 Å². The smallest absolute Gasteiger partial charge is 0.348 e. The molecule has 0 aliphatic heterocycles. The van der Waals surface area contributed by atoms with Crippen molar-refractivity contribution in [3.8, 4) is 0 Å². The molecule has 1 aromatic carbocycles. The van der Waals surface area contributed by atoms with Crippen molar-refractivity contribution in [3.63, 3.8) is 0 Å². The number of thiophene rings is 1. The van der Waals surface area contributed by atoms with E-state index in [1.54, 1.807) is 35.7 Å². The Morgan fingerprint density at radius 1 is 1.06 bits per heavy atom. The number of nitrogens with one attached hydrogen (secondary N) is 3. The normalized spacial score (nSPS) is 18.1. The molecule has 184 valence electrons. The van der Waals surface area contributed by atoms with Crippen molar-refractivity contribution >= 4 is 57.5 Å². The highest BCUT2D eigenvalue weighted by molar-refractivity contribution is 7.80. The molecule has 3 aromatic rings. The van der Waals surface area contributed by atoms with Gasteiger partial charge < -0.3 is 16.0 Å². The van der Waals surface area contributed by atoms with E-state index in [9.17, 15) is 18.0 Å². The van der Waals surface area contributed by atoms with Crippen LogP contribution in [0.15, 0.2) is 54.0 Å². The number of carbonyl (C=O) groups is 1. The largest absolute Gasteiger partial charge is 0.417 e. The lowest BCUT2D eigenvalue weighted by atomic mass is 9.85. The van der Waals surface area contributed by atoms with Crippen LogP contribution in [0, 0.1) is 0 Å². The highest BCUT2D eigenvalue weighted by Gasteiger charge is 2.33. The molecular formula is C24H22ClF3N4OS2. The molecule has 0 atom stereocenters. The molecule has 0 spiro atoms. The molecule has 1 saturated carbocycles. The predicted octanol–water partition coefficient (Wildman–Crippen LogP) is 7.08. The molecule has 3 N–H and O–H groups in total. The summed E-state index contributed by atoms with van der Waals surface area (Å²) < 4.78 is 39.2. The highest BCUT2D eigenvalue weighted by Crippen LogP contribution is 2.38. The van der Waals surface area contributed by atoms with Crippen LogP contribution in [-0.4, -0.2) is 22.0 Å². The predicted molar refractivity (Wildman–Crippen MR) is 137 cm³/mol. The SMILES string of the molecule is O=C(NC1CCC(c2cc(NC(=S)Nc3ccc(Cl)c(C(F)(F)F)c3)cs2)CC1)c1ccccn1. The number of rotatable bonds is 5. The lowest BCUT2D eigenvalue weighted by Gasteiger charge is -2.28. The van der Waals surface area contributed by atoms with Gasteiger partial charge in [0, 0.05) is 28.2 Å². The van der Waals surface area contributed by atoms with Gasteiger partial charge in [-0.15, -0.1) is 11.3 Å². The van der Waals surface area contributed by atoms with Gasteiger partial charge in [-0.1, -0.05) is 17.7 Å². The number of alkyl halides is 3. The zero-order valence-corrected chi connectivity index (χ0v) is 20.8. The Bertz CT molecular complexity index is 1190. The van der Waals surface area contributed by atoms with Crippen LogP contribution in [0.2, 0.25) is 5.02 Å². The number of benzene rings is 1. The van der Waals surface area contributed by atoms with Crippen LogP contribution in [0.1, 0.15) is 52.5 Å². The quantitative estimate of drug-likeness (QED) is 0.303. The number of hydrogen-bond donors (Lipinski definition) is 3. The van der Waals surface area contributed by atoms with Crippen LogP contribution >= 0.6 is 35.2 Å². The summed E-state index contributed by atoms with van der Waals surface area (Å²) in [4.78, 5) is 17.6. The van der Waals surface area contributed by atoms with Gasteiger partial charge in [0.15, 0.2) is 5.11 Å². The van der Waals surface area contributed by atoms with E-state index in [-0.39, 0.29) is 27.8 Å². The third kappa shape index (κ3) is 6.71. The van der Waals surface area contributed by atoms with E-state index < -0.39 is 11.7 Å². The van der Waals surface area contributed by atoms with E-state index in [0.717, 1.165) is 37.4 Å². The molecule has 0 radical (unpaired) electrons. The fraction of sp³-hybridized carbons (Fsp3) is 0.292. The number of carbonyl (C=O) groups excluding carboxylic acids is 1. The summed E-state index contributed by atoms with van der Waals surface area (Å²) in [5, 5.41) is 10.6. The van der Waals surface area contributed by atoms with Crippen LogP contribution in [0.5, 0.6) is 0 Å². The van der Waals surface area contributed by atoms with Gasteiger partial charge in [0.05, 0.1) is 16.3 Å². The van der Waals surface area contributed by atoms with Gasteiger partial charge in [-0.2, -0.15) is 13.2 Å². The Morgan fingerprint density at radius 3 is 2.49 bits per heavy atom. The fourth-order valence-corrected chi connectivity index (χ4v) is 5.50. The van der Waals surface area contributed by atoms with Gasteiger partial charge in [0.2, 0.25) is 0 Å².